The van der Waals surface area contributed by atoms with Crippen molar-refractivity contribution in [1.82, 2.24) is 4.90 Å². The second-order valence-electron chi connectivity index (χ2n) is 3.38. The van der Waals surface area contributed by atoms with Crippen LogP contribution in [0.4, 0.5) is 0 Å². The molecule has 1 aliphatic rings. The Morgan fingerprint density at radius 1 is 1.53 bits per heavy atom. The number of rotatable bonds is 2. The fraction of sp³-hybridized carbons (Fsp3) is 0.333. The van der Waals surface area contributed by atoms with Gasteiger partial charge in [0, 0.05) is 18.5 Å². The summed E-state index contributed by atoms with van der Waals surface area (Å²) in [6.07, 6.45) is 0. The molecule has 15 heavy (non-hydrogen) atoms. The van der Waals surface area contributed by atoms with Gasteiger partial charge in [-0.3, -0.25) is 9.59 Å². The molecule has 80 valence electrons. The van der Waals surface area contributed by atoms with E-state index < -0.39 is 5.97 Å². The molecule has 1 N–H and O–H groups in total. The number of carbonyl (C=O) groups is 2. The van der Waals surface area contributed by atoms with Crippen LogP contribution in [0.5, 0.6) is 0 Å². The second-order valence-corrected chi connectivity index (χ2v) is 6.19. The van der Waals surface area contributed by atoms with Gasteiger partial charge in [0.1, 0.15) is 0 Å². The molecule has 1 fully saturated rings. The van der Waals surface area contributed by atoms with Gasteiger partial charge in [0.15, 0.2) is 0 Å². The number of aliphatic carboxylic acids is 1. The van der Waals surface area contributed by atoms with Gasteiger partial charge < -0.3 is 10.0 Å². The summed E-state index contributed by atoms with van der Waals surface area (Å²) in [5.41, 5.74) is 0.660. The van der Waals surface area contributed by atoms with E-state index >= 15 is 0 Å². The molecule has 0 aliphatic carbocycles. The van der Waals surface area contributed by atoms with Crippen molar-refractivity contribution in [3.63, 3.8) is 0 Å². The highest BCUT2D eigenvalue weighted by Crippen LogP contribution is 2.22. The summed E-state index contributed by atoms with van der Waals surface area (Å²) < 4.78 is 1.06. The second kappa shape index (κ2) is 4.09. The van der Waals surface area contributed by atoms with Crippen LogP contribution >= 0.6 is 33.9 Å². The predicted octanol–water partition coefficient (Wildman–Crippen LogP) is 1.51. The van der Waals surface area contributed by atoms with E-state index in [0.29, 0.717) is 18.7 Å². The lowest BCUT2D eigenvalue weighted by atomic mass is 10.00. The SMILES string of the molecule is O=C(O)C1CN(C(=O)c2csc(I)c2)C1. The minimum absolute atomic E-state index is 0.0633. The van der Waals surface area contributed by atoms with Gasteiger partial charge in [-0.15, -0.1) is 11.3 Å². The van der Waals surface area contributed by atoms with E-state index in [2.05, 4.69) is 22.6 Å². The summed E-state index contributed by atoms with van der Waals surface area (Å²) in [5.74, 6) is -1.27. The molecule has 0 bridgehead atoms. The van der Waals surface area contributed by atoms with Crippen LogP contribution in [0.15, 0.2) is 11.4 Å². The molecule has 4 nitrogen and oxygen atoms in total. The highest BCUT2D eigenvalue weighted by atomic mass is 127. The van der Waals surface area contributed by atoms with E-state index in [9.17, 15) is 9.59 Å². The summed E-state index contributed by atoms with van der Waals surface area (Å²) in [4.78, 5) is 23.9. The molecule has 0 spiro atoms. The summed E-state index contributed by atoms with van der Waals surface area (Å²) in [6, 6.07) is 1.82. The lowest BCUT2D eigenvalue weighted by Crippen LogP contribution is -2.52. The van der Waals surface area contributed by atoms with E-state index in [1.165, 1.54) is 11.3 Å². The van der Waals surface area contributed by atoms with Gasteiger partial charge in [0.2, 0.25) is 0 Å². The molecular formula is C9H8INO3S. The van der Waals surface area contributed by atoms with Gasteiger partial charge in [-0.25, -0.2) is 0 Å². The first-order chi connectivity index (χ1) is 7.08. The molecule has 1 aromatic heterocycles. The maximum absolute atomic E-state index is 11.7. The zero-order valence-corrected chi connectivity index (χ0v) is 10.6. The Bertz CT molecular complexity index is 411. The summed E-state index contributed by atoms with van der Waals surface area (Å²) >= 11 is 3.67. The van der Waals surface area contributed by atoms with E-state index in [-0.39, 0.29) is 11.8 Å². The van der Waals surface area contributed by atoms with Gasteiger partial charge in [0.25, 0.3) is 5.91 Å². The van der Waals surface area contributed by atoms with Crippen LogP contribution in [0.25, 0.3) is 0 Å². The molecule has 0 unspecified atom stereocenters. The first-order valence-electron chi connectivity index (χ1n) is 4.34. The minimum atomic E-state index is -0.820. The average molecular weight is 337 g/mol. The van der Waals surface area contributed by atoms with Crippen LogP contribution in [-0.2, 0) is 4.79 Å². The topological polar surface area (TPSA) is 57.6 Å². The van der Waals surface area contributed by atoms with E-state index in [1.807, 2.05) is 6.07 Å². The molecule has 2 heterocycles. The molecule has 1 amide bonds. The molecule has 1 aromatic rings. The first kappa shape index (κ1) is 10.9. The number of likely N-dealkylation sites (tertiary alicyclic amines) is 1. The zero-order valence-electron chi connectivity index (χ0n) is 7.64. The first-order valence-corrected chi connectivity index (χ1v) is 6.30. The van der Waals surface area contributed by atoms with Crippen LogP contribution < -0.4 is 0 Å². The van der Waals surface area contributed by atoms with Gasteiger partial charge in [-0.1, -0.05) is 0 Å². The van der Waals surface area contributed by atoms with Crippen LogP contribution in [0.2, 0.25) is 0 Å². The molecule has 0 radical (unpaired) electrons. The zero-order chi connectivity index (χ0) is 11.0. The maximum Gasteiger partial charge on any atom is 0.310 e. The van der Waals surface area contributed by atoms with Crippen LogP contribution in [0.3, 0.4) is 0 Å². The van der Waals surface area contributed by atoms with Crippen molar-refractivity contribution in [1.29, 1.82) is 0 Å². The molecular weight excluding hydrogens is 329 g/mol. The van der Waals surface area contributed by atoms with Gasteiger partial charge in [-0.2, -0.15) is 0 Å². The lowest BCUT2D eigenvalue weighted by Gasteiger charge is -2.36. The third kappa shape index (κ3) is 2.15. The van der Waals surface area contributed by atoms with Crippen molar-refractivity contribution >= 4 is 45.8 Å². The number of carbonyl (C=O) groups excluding carboxylic acids is 1. The highest BCUT2D eigenvalue weighted by molar-refractivity contribution is 14.1. The Balaban J connectivity index is 1.97. The third-order valence-corrected chi connectivity index (χ3v) is 4.12. The molecule has 6 heteroatoms. The molecule has 1 saturated heterocycles. The van der Waals surface area contributed by atoms with Crippen molar-refractivity contribution in [2.45, 2.75) is 0 Å². The van der Waals surface area contributed by atoms with Gasteiger partial charge in [-0.05, 0) is 28.7 Å². The number of nitrogens with zero attached hydrogens (tertiary/aromatic N) is 1. The predicted molar refractivity (Wildman–Crippen MR) is 64.1 cm³/mol. The van der Waals surface area contributed by atoms with Crippen molar-refractivity contribution in [3.05, 3.63) is 19.9 Å². The summed E-state index contributed by atoms with van der Waals surface area (Å²) in [6.45, 7) is 0.668. The van der Waals surface area contributed by atoms with Gasteiger partial charge >= 0.3 is 5.97 Å². The van der Waals surface area contributed by atoms with Crippen molar-refractivity contribution < 1.29 is 14.7 Å². The minimum Gasteiger partial charge on any atom is -0.481 e. The largest absolute Gasteiger partial charge is 0.481 e. The number of carboxylic acids is 1. The molecule has 1 aliphatic heterocycles. The number of hydrogen-bond acceptors (Lipinski definition) is 3. The number of amides is 1. The van der Waals surface area contributed by atoms with Crippen LogP contribution in [0, 0.1) is 8.80 Å². The Morgan fingerprint density at radius 2 is 2.20 bits per heavy atom. The average Bonchev–Trinajstić information content (AvgIpc) is 2.48. The fourth-order valence-electron chi connectivity index (χ4n) is 1.41. The Hall–Kier alpha value is -0.630. The fourth-order valence-corrected chi connectivity index (χ4v) is 2.73. The van der Waals surface area contributed by atoms with Crippen molar-refractivity contribution in [2.75, 3.05) is 13.1 Å². The number of halogens is 1. The van der Waals surface area contributed by atoms with Crippen molar-refractivity contribution in [3.8, 4) is 0 Å². The lowest BCUT2D eigenvalue weighted by molar-refractivity contribution is -0.146. The number of thiophene rings is 1. The quantitative estimate of drug-likeness (QED) is 0.833. The standard InChI is InChI=1S/C9H8INO3S/c10-7-1-5(4-15-7)8(12)11-2-6(3-11)9(13)14/h1,4,6H,2-3H2,(H,13,14). The van der Waals surface area contributed by atoms with Crippen molar-refractivity contribution in [2.24, 2.45) is 5.92 Å². The number of hydrogen-bond donors (Lipinski definition) is 1. The Kier molecular flexibility index (Phi) is 2.96. The highest BCUT2D eigenvalue weighted by Gasteiger charge is 2.36. The number of carboxylic acid groups (broad SMARTS) is 1. The van der Waals surface area contributed by atoms with E-state index in [1.54, 1.807) is 10.3 Å². The normalized spacial score (nSPS) is 16.2. The van der Waals surface area contributed by atoms with Crippen LogP contribution in [-0.4, -0.2) is 35.0 Å². The van der Waals surface area contributed by atoms with E-state index in [0.717, 1.165) is 2.88 Å². The Morgan fingerprint density at radius 3 is 2.67 bits per heavy atom. The maximum atomic E-state index is 11.7. The molecule has 0 saturated carbocycles. The Labute approximate surface area is 104 Å². The summed E-state index contributed by atoms with van der Waals surface area (Å²) in [7, 11) is 0. The molecule has 2 rings (SSSR count). The van der Waals surface area contributed by atoms with E-state index in [4.69, 9.17) is 5.11 Å². The van der Waals surface area contributed by atoms with Gasteiger partial charge in [0.05, 0.1) is 14.4 Å². The molecule has 0 atom stereocenters. The molecule has 0 aromatic carbocycles. The van der Waals surface area contributed by atoms with Crippen LogP contribution in [0.1, 0.15) is 10.4 Å². The third-order valence-electron chi connectivity index (χ3n) is 2.33. The smallest absolute Gasteiger partial charge is 0.310 e. The monoisotopic (exact) mass is 337 g/mol. The summed E-state index contributed by atoms with van der Waals surface area (Å²) in [5, 5.41) is 10.5.